The summed E-state index contributed by atoms with van der Waals surface area (Å²) < 4.78 is 2.09. The van der Waals surface area contributed by atoms with Crippen molar-refractivity contribution in [2.24, 2.45) is 5.73 Å². The van der Waals surface area contributed by atoms with Gasteiger partial charge in [0.2, 0.25) is 5.91 Å². The molecule has 3 N–H and O–H groups in total. The van der Waals surface area contributed by atoms with Crippen molar-refractivity contribution < 1.29 is 4.79 Å². The minimum absolute atomic E-state index is 0.138. The third-order valence-corrected chi connectivity index (χ3v) is 4.80. The molecule has 132 valence electrons. The Labute approximate surface area is 152 Å². The van der Waals surface area contributed by atoms with Crippen LogP contribution in [0.25, 0.3) is 0 Å². The second-order valence-electron chi connectivity index (χ2n) is 6.57. The SMILES string of the molecule is NC(=O)c1ccnc(N[C@@H]2CCCc3c2cnn3Cc2ccccc2)c1. The van der Waals surface area contributed by atoms with Crippen LogP contribution in [-0.4, -0.2) is 20.7 Å². The van der Waals surface area contributed by atoms with Crippen LogP contribution in [0.4, 0.5) is 5.82 Å². The Morgan fingerprint density at radius 2 is 2.12 bits per heavy atom. The molecule has 0 aliphatic heterocycles. The fourth-order valence-corrected chi connectivity index (χ4v) is 3.50. The lowest BCUT2D eigenvalue weighted by molar-refractivity contribution is 0.1000. The summed E-state index contributed by atoms with van der Waals surface area (Å²) in [5.74, 6) is 0.213. The standard InChI is InChI=1S/C20H21N5O/c21-20(26)15-9-10-22-19(11-15)24-17-7-4-8-18-16(17)12-23-25(18)13-14-5-2-1-3-6-14/h1-3,5-6,9-12,17H,4,7-8,13H2,(H2,21,26)(H,22,24)/t17-/m1/s1. The first-order valence-corrected chi connectivity index (χ1v) is 8.81. The van der Waals surface area contributed by atoms with E-state index in [-0.39, 0.29) is 6.04 Å². The van der Waals surface area contributed by atoms with Crippen LogP contribution < -0.4 is 11.1 Å². The van der Waals surface area contributed by atoms with E-state index in [0.717, 1.165) is 25.8 Å². The Balaban J connectivity index is 1.56. The summed E-state index contributed by atoms with van der Waals surface area (Å²) in [6.07, 6.45) is 6.67. The number of hydrogen-bond acceptors (Lipinski definition) is 4. The summed E-state index contributed by atoms with van der Waals surface area (Å²) in [6, 6.07) is 13.8. The van der Waals surface area contributed by atoms with E-state index in [0.29, 0.717) is 11.4 Å². The third-order valence-electron chi connectivity index (χ3n) is 4.80. The normalized spacial score (nSPS) is 16.1. The van der Waals surface area contributed by atoms with Crippen molar-refractivity contribution >= 4 is 11.7 Å². The first kappa shape index (κ1) is 16.3. The molecule has 0 spiro atoms. The highest BCUT2D eigenvalue weighted by atomic mass is 16.1. The number of aromatic nitrogens is 3. The zero-order valence-electron chi connectivity index (χ0n) is 14.4. The molecular weight excluding hydrogens is 326 g/mol. The van der Waals surface area contributed by atoms with E-state index in [2.05, 4.69) is 32.2 Å². The topological polar surface area (TPSA) is 85.8 Å². The highest BCUT2D eigenvalue weighted by molar-refractivity contribution is 5.93. The first-order valence-electron chi connectivity index (χ1n) is 8.81. The molecule has 0 radical (unpaired) electrons. The highest BCUT2D eigenvalue weighted by Gasteiger charge is 2.24. The van der Waals surface area contributed by atoms with Gasteiger partial charge < -0.3 is 11.1 Å². The third kappa shape index (κ3) is 3.31. The van der Waals surface area contributed by atoms with Crippen molar-refractivity contribution in [3.63, 3.8) is 0 Å². The minimum Gasteiger partial charge on any atom is -0.366 e. The van der Waals surface area contributed by atoms with Gasteiger partial charge >= 0.3 is 0 Å². The quantitative estimate of drug-likeness (QED) is 0.743. The van der Waals surface area contributed by atoms with Crippen molar-refractivity contribution in [1.82, 2.24) is 14.8 Å². The molecule has 0 unspecified atom stereocenters. The van der Waals surface area contributed by atoms with Gasteiger partial charge in [0, 0.05) is 23.0 Å². The number of fused-ring (bicyclic) bond motifs is 1. The van der Waals surface area contributed by atoms with Crippen molar-refractivity contribution in [1.29, 1.82) is 0 Å². The smallest absolute Gasteiger partial charge is 0.248 e. The second-order valence-corrected chi connectivity index (χ2v) is 6.57. The molecule has 2 heterocycles. The average Bonchev–Trinajstić information content (AvgIpc) is 3.07. The lowest BCUT2D eigenvalue weighted by Gasteiger charge is -2.25. The number of primary amides is 1. The molecule has 0 bridgehead atoms. The molecule has 0 saturated heterocycles. The van der Waals surface area contributed by atoms with Gasteiger partial charge in [-0.2, -0.15) is 5.10 Å². The second kappa shape index (κ2) is 7.00. The van der Waals surface area contributed by atoms with Crippen molar-refractivity contribution in [3.05, 3.63) is 77.2 Å². The Hall–Kier alpha value is -3.15. The van der Waals surface area contributed by atoms with E-state index in [4.69, 9.17) is 5.73 Å². The number of nitrogens with one attached hydrogen (secondary N) is 1. The molecule has 26 heavy (non-hydrogen) atoms. The molecule has 1 aliphatic rings. The van der Waals surface area contributed by atoms with Gasteiger partial charge in [-0.25, -0.2) is 4.98 Å². The van der Waals surface area contributed by atoms with E-state index in [1.165, 1.54) is 16.8 Å². The largest absolute Gasteiger partial charge is 0.366 e. The maximum Gasteiger partial charge on any atom is 0.248 e. The maximum absolute atomic E-state index is 11.4. The molecule has 0 saturated carbocycles. The zero-order chi connectivity index (χ0) is 17.9. The first-order chi connectivity index (χ1) is 12.7. The number of nitrogens with two attached hydrogens (primary N) is 1. The van der Waals surface area contributed by atoms with Crippen LogP contribution in [0.2, 0.25) is 0 Å². The van der Waals surface area contributed by atoms with Crippen molar-refractivity contribution in [2.75, 3.05) is 5.32 Å². The number of nitrogens with zero attached hydrogens (tertiary/aromatic N) is 3. The zero-order valence-corrected chi connectivity index (χ0v) is 14.4. The summed E-state index contributed by atoms with van der Waals surface area (Å²) in [7, 11) is 0. The average molecular weight is 347 g/mol. The van der Waals surface area contributed by atoms with Gasteiger partial charge in [-0.05, 0) is 37.0 Å². The Kier molecular flexibility index (Phi) is 4.39. The Morgan fingerprint density at radius 3 is 2.92 bits per heavy atom. The van der Waals surface area contributed by atoms with Gasteiger partial charge in [0.05, 0.1) is 18.8 Å². The molecule has 2 aromatic heterocycles. The highest BCUT2D eigenvalue weighted by Crippen LogP contribution is 2.32. The molecule has 1 aromatic carbocycles. The lowest BCUT2D eigenvalue weighted by atomic mass is 9.93. The molecule has 1 atom stereocenters. The molecule has 6 heteroatoms. The molecular formula is C20H21N5O. The number of carbonyl (C=O) groups excluding carboxylic acids is 1. The molecule has 1 amide bonds. The maximum atomic E-state index is 11.4. The number of pyridine rings is 1. The number of rotatable bonds is 5. The summed E-state index contributed by atoms with van der Waals surface area (Å²) in [5, 5.41) is 8.05. The number of amides is 1. The summed E-state index contributed by atoms with van der Waals surface area (Å²) >= 11 is 0. The van der Waals surface area contributed by atoms with Crippen LogP contribution in [0.1, 0.15) is 46.1 Å². The summed E-state index contributed by atoms with van der Waals surface area (Å²) in [4.78, 5) is 15.7. The molecule has 1 aliphatic carbocycles. The molecule has 3 aromatic rings. The Bertz CT molecular complexity index is 919. The van der Waals surface area contributed by atoms with Crippen molar-refractivity contribution in [2.45, 2.75) is 31.8 Å². The van der Waals surface area contributed by atoms with E-state index < -0.39 is 5.91 Å². The van der Waals surface area contributed by atoms with E-state index in [9.17, 15) is 4.79 Å². The molecule has 0 fully saturated rings. The fourth-order valence-electron chi connectivity index (χ4n) is 3.50. The summed E-state index contributed by atoms with van der Waals surface area (Å²) in [6.45, 7) is 0.776. The van der Waals surface area contributed by atoms with Gasteiger partial charge in [0.15, 0.2) is 0 Å². The van der Waals surface area contributed by atoms with Crippen LogP contribution in [-0.2, 0) is 13.0 Å². The van der Waals surface area contributed by atoms with Crippen LogP contribution in [0, 0.1) is 0 Å². The summed E-state index contributed by atoms with van der Waals surface area (Å²) in [5.41, 5.74) is 9.53. The predicted molar refractivity (Wildman–Crippen MR) is 99.8 cm³/mol. The van der Waals surface area contributed by atoms with E-state index >= 15 is 0 Å². The van der Waals surface area contributed by atoms with Gasteiger partial charge in [0.25, 0.3) is 0 Å². The van der Waals surface area contributed by atoms with E-state index in [1.807, 2.05) is 24.4 Å². The van der Waals surface area contributed by atoms with Crippen LogP contribution >= 0.6 is 0 Å². The van der Waals surface area contributed by atoms with Crippen LogP contribution in [0.15, 0.2) is 54.9 Å². The monoisotopic (exact) mass is 347 g/mol. The van der Waals surface area contributed by atoms with Gasteiger partial charge in [0.1, 0.15) is 5.82 Å². The van der Waals surface area contributed by atoms with Crippen LogP contribution in [0.5, 0.6) is 0 Å². The number of anilines is 1. The number of benzene rings is 1. The Morgan fingerprint density at radius 1 is 1.27 bits per heavy atom. The van der Waals surface area contributed by atoms with Gasteiger partial charge in [-0.1, -0.05) is 30.3 Å². The molecule has 4 rings (SSSR count). The lowest BCUT2D eigenvalue weighted by Crippen LogP contribution is -2.19. The van der Waals surface area contributed by atoms with Gasteiger partial charge in [-0.15, -0.1) is 0 Å². The predicted octanol–water partition coefficient (Wildman–Crippen LogP) is 2.91. The van der Waals surface area contributed by atoms with Crippen molar-refractivity contribution in [3.8, 4) is 0 Å². The number of carbonyl (C=O) groups is 1. The van der Waals surface area contributed by atoms with Crippen LogP contribution in [0.3, 0.4) is 0 Å². The fraction of sp³-hybridized carbons (Fsp3) is 0.250. The minimum atomic E-state index is -0.449. The van der Waals surface area contributed by atoms with Gasteiger partial charge in [-0.3, -0.25) is 9.48 Å². The number of hydrogen-bond donors (Lipinski definition) is 2. The molecule has 6 nitrogen and oxygen atoms in total. The van der Waals surface area contributed by atoms with E-state index in [1.54, 1.807) is 18.3 Å².